The van der Waals surface area contributed by atoms with Crippen LogP contribution in [-0.2, 0) is 14.3 Å². The lowest BCUT2D eigenvalue weighted by atomic mass is 10.0. The van der Waals surface area contributed by atoms with Gasteiger partial charge in [0.1, 0.15) is 0 Å². The van der Waals surface area contributed by atoms with Crippen molar-refractivity contribution >= 4 is 29.3 Å². The van der Waals surface area contributed by atoms with E-state index in [4.69, 9.17) is 4.74 Å². The molecule has 0 aliphatic carbocycles. The van der Waals surface area contributed by atoms with Gasteiger partial charge in [0.05, 0.1) is 10.9 Å². The maximum atomic E-state index is 13.6. The average molecular weight is 413 g/mol. The lowest BCUT2D eigenvalue weighted by Crippen LogP contribution is -2.43. The van der Waals surface area contributed by atoms with Crippen molar-refractivity contribution in [1.29, 1.82) is 0 Å². The first-order valence-corrected chi connectivity index (χ1v) is 10.7. The molecule has 1 amide bonds. The first-order chi connectivity index (χ1) is 13.9. The van der Waals surface area contributed by atoms with E-state index in [1.165, 1.54) is 6.92 Å². The Labute approximate surface area is 177 Å². The molecule has 1 aliphatic rings. The monoisotopic (exact) mass is 412 g/mol. The summed E-state index contributed by atoms with van der Waals surface area (Å²) >= 11 is 1.58. The molecular weight excluding hydrogens is 384 g/mol. The molecule has 0 saturated carbocycles. The van der Waals surface area contributed by atoms with E-state index in [0.717, 1.165) is 34.7 Å². The Hall–Kier alpha value is -2.31. The van der Waals surface area contributed by atoms with Gasteiger partial charge in [-0.2, -0.15) is 0 Å². The second kappa shape index (κ2) is 9.46. The van der Waals surface area contributed by atoms with Gasteiger partial charge in [-0.05, 0) is 51.7 Å². The molecule has 154 valence electrons. The van der Waals surface area contributed by atoms with Crippen molar-refractivity contribution in [1.82, 2.24) is 4.90 Å². The van der Waals surface area contributed by atoms with Crippen molar-refractivity contribution in [2.45, 2.75) is 36.5 Å². The smallest absolute Gasteiger partial charge is 0.303 e. The van der Waals surface area contributed by atoms with Crippen molar-refractivity contribution in [2.24, 2.45) is 0 Å². The van der Waals surface area contributed by atoms with Crippen molar-refractivity contribution < 1.29 is 14.3 Å². The number of carbonyl (C=O) groups is 2. The summed E-state index contributed by atoms with van der Waals surface area (Å²) in [4.78, 5) is 30.4. The van der Waals surface area contributed by atoms with Gasteiger partial charge in [0.15, 0.2) is 6.10 Å². The average Bonchev–Trinajstić information content (AvgIpc) is 2.78. The van der Waals surface area contributed by atoms with Crippen LogP contribution in [0.25, 0.3) is 0 Å². The third-order valence-corrected chi connectivity index (χ3v) is 6.25. The molecule has 0 fully saturated rings. The van der Waals surface area contributed by atoms with Gasteiger partial charge in [-0.3, -0.25) is 9.59 Å². The number of benzene rings is 2. The van der Waals surface area contributed by atoms with Gasteiger partial charge < -0.3 is 14.5 Å². The van der Waals surface area contributed by atoms with Gasteiger partial charge >= 0.3 is 5.97 Å². The van der Waals surface area contributed by atoms with Crippen molar-refractivity contribution in [3.8, 4) is 0 Å². The molecule has 0 spiro atoms. The Morgan fingerprint density at radius 2 is 1.83 bits per heavy atom. The van der Waals surface area contributed by atoms with Gasteiger partial charge in [-0.15, -0.1) is 11.8 Å². The fraction of sp³-hybridized carbons (Fsp3) is 0.391. The quantitative estimate of drug-likeness (QED) is 0.670. The summed E-state index contributed by atoms with van der Waals surface area (Å²) in [5, 5.41) is -0.299. The summed E-state index contributed by atoms with van der Waals surface area (Å²) in [6.07, 6.45) is -0.0355. The molecule has 0 aromatic heterocycles. The van der Waals surface area contributed by atoms with E-state index in [-0.39, 0.29) is 11.2 Å². The third kappa shape index (κ3) is 5.19. The van der Waals surface area contributed by atoms with Crippen LogP contribution < -0.4 is 4.90 Å². The van der Waals surface area contributed by atoms with E-state index in [1.807, 2.05) is 69.6 Å². The fourth-order valence-electron chi connectivity index (χ4n) is 3.45. The topological polar surface area (TPSA) is 49.9 Å². The number of thioether (sulfide) groups is 1. The van der Waals surface area contributed by atoms with Gasteiger partial charge in [0, 0.05) is 18.4 Å². The van der Waals surface area contributed by atoms with Crippen molar-refractivity contribution in [2.75, 3.05) is 32.1 Å². The number of carbonyl (C=O) groups excluding carboxylic acids is 2. The molecule has 0 saturated heterocycles. The summed E-state index contributed by atoms with van der Waals surface area (Å²) in [7, 11) is 4.03. The van der Waals surface area contributed by atoms with Crippen LogP contribution in [0.5, 0.6) is 0 Å². The molecule has 2 aromatic carbocycles. The number of anilines is 1. The summed E-state index contributed by atoms with van der Waals surface area (Å²) in [6, 6.07) is 16.0. The SMILES string of the molecule is CC(=O)OC1C(=O)N(CCCN(C)C)c2ccccc2SC1c1ccc(C)cc1. The molecule has 2 aromatic rings. The number of para-hydroxylation sites is 1. The highest BCUT2D eigenvalue weighted by molar-refractivity contribution is 7.99. The number of amides is 1. The zero-order valence-corrected chi connectivity index (χ0v) is 18.2. The van der Waals surface area contributed by atoms with Gasteiger partial charge in [0.2, 0.25) is 0 Å². The normalized spacial score (nSPS) is 19.1. The number of rotatable bonds is 6. The Balaban J connectivity index is 2.02. The molecule has 2 atom stereocenters. The molecule has 0 bridgehead atoms. The van der Waals surface area contributed by atoms with E-state index in [2.05, 4.69) is 4.90 Å². The van der Waals surface area contributed by atoms with E-state index in [0.29, 0.717) is 6.54 Å². The zero-order chi connectivity index (χ0) is 21.0. The van der Waals surface area contributed by atoms with Crippen LogP contribution in [0.15, 0.2) is 53.4 Å². The third-order valence-electron chi connectivity index (χ3n) is 4.88. The Morgan fingerprint density at radius 3 is 2.48 bits per heavy atom. The first kappa shape index (κ1) is 21.4. The number of nitrogens with zero attached hydrogens (tertiary/aromatic N) is 2. The lowest BCUT2D eigenvalue weighted by Gasteiger charge is -2.28. The van der Waals surface area contributed by atoms with Crippen LogP contribution >= 0.6 is 11.8 Å². The van der Waals surface area contributed by atoms with E-state index in [9.17, 15) is 9.59 Å². The predicted octanol–water partition coefficient (Wildman–Crippen LogP) is 4.06. The largest absolute Gasteiger partial charge is 0.451 e. The highest BCUT2D eigenvalue weighted by Crippen LogP contribution is 2.46. The van der Waals surface area contributed by atoms with E-state index in [1.54, 1.807) is 16.7 Å². The molecule has 1 heterocycles. The standard InChI is InChI=1S/C23H28N2O3S/c1-16-10-12-18(13-11-16)22-21(28-17(2)26)23(27)25(15-7-14-24(3)4)19-8-5-6-9-20(19)29-22/h5-6,8-13,21-22H,7,14-15H2,1-4H3. The lowest BCUT2D eigenvalue weighted by molar-refractivity contribution is -0.152. The molecule has 29 heavy (non-hydrogen) atoms. The van der Waals surface area contributed by atoms with Crippen LogP contribution in [0.3, 0.4) is 0 Å². The van der Waals surface area contributed by atoms with Crippen LogP contribution in [0, 0.1) is 6.92 Å². The van der Waals surface area contributed by atoms with Crippen LogP contribution in [-0.4, -0.2) is 50.1 Å². The highest BCUT2D eigenvalue weighted by Gasteiger charge is 2.40. The van der Waals surface area contributed by atoms with Crippen LogP contribution in [0.4, 0.5) is 5.69 Å². The second-order valence-corrected chi connectivity index (χ2v) is 8.78. The molecule has 6 heteroatoms. The zero-order valence-electron chi connectivity index (χ0n) is 17.4. The minimum atomic E-state index is -0.869. The minimum absolute atomic E-state index is 0.165. The van der Waals surface area contributed by atoms with E-state index < -0.39 is 12.1 Å². The Bertz CT molecular complexity index is 867. The molecule has 5 nitrogen and oxygen atoms in total. The second-order valence-electron chi connectivity index (χ2n) is 7.59. The summed E-state index contributed by atoms with van der Waals surface area (Å²) < 4.78 is 5.61. The maximum Gasteiger partial charge on any atom is 0.303 e. The van der Waals surface area contributed by atoms with Gasteiger partial charge in [-0.25, -0.2) is 0 Å². The fourth-order valence-corrected chi connectivity index (χ4v) is 4.76. The van der Waals surface area contributed by atoms with Crippen LogP contribution in [0.2, 0.25) is 0 Å². The Kier molecular flexibility index (Phi) is 6.98. The molecular formula is C23H28N2O3S. The number of hydrogen-bond donors (Lipinski definition) is 0. The molecule has 3 rings (SSSR count). The Morgan fingerprint density at radius 1 is 1.14 bits per heavy atom. The number of ether oxygens (including phenoxy) is 1. The number of aryl methyl sites for hydroxylation is 1. The summed E-state index contributed by atoms with van der Waals surface area (Å²) in [5.74, 6) is -0.609. The summed E-state index contributed by atoms with van der Waals surface area (Å²) in [5.41, 5.74) is 3.01. The molecule has 0 radical (unpaired) electrons. The predicted molar refractivity (Wildman–Crippen MR) is 117 cm³/mol. The van der Waals surface area contributed by atoms with Crippen molar-refractivity contribution in [3.05, 3.63) is 59.7 Å². The minimum Gasteiger partial charge on any atom is -0.451 e. The van der Waals surface area contributed by atoms with Gasteiger partial charge in [0.25, 0.3) is 5.91 Å². The summed E-state index contributed by atoms with van der Waals surface area (Å²) in [6.45, 7) is 4.84. The maximum absolute atomic E-state index is 13.6. The van der Waals surface area contributed by atoms with E-state index >= 15 is 0 Å². The highest BCUT2D eigenvalue weighted by atomic mass is 32.2. The number of hydrogen-bond acceptors (Lipinski definition) is 5. The molecule has 0 N–H and O–H groups in total. The van der Waals surface area contributed by atoms with Crippen LogP contribution in [0.1, 0.15) is 29.7 Å². The molecule has 1 aliphatic heterocycles. The first-order valence-electron chi connectivity index (χ1n) is 9.82. The molecule has 2 unspecified atom stereocenters. The number of esters is 1. The van der Waals surface area contributed by atoms with Gasteiger partial charge in [-0.1, -0.05) is 42.0 Å². The van der Waals surface area contributed by atoms with Crippen molar-refractivity contribution in [3.63, 3.8) is 0 Å². The number of fused-ring (bicyclic) bond motifs is 1.